The van der Waals surface area contributed by atoms with Crippen molar-refractivity contribution >= 4 is 5.91 Å². The zero-order valence-electron chi connectivity index (χ0n) is 15.3. The Hall–Kier alpha value is -2.74. The first-order valence-corrected chi connectivity index (χ1v) is 8.77. The van der Waals surface area contributed by atoms with Crippen molar-refractivity contribution in [3.05, 3.63) is 59.2 Å². The van der Waals surface area contributed by atoms with Gasteiger partial charge in [0.1, 0.15) is 6.61 Å². The highest BCUT2D eigenvalue weighted by molar-refractivity contribution is 5.94. The first-order valence-electron chi connectivity index (χ1n) is 8.77. The van der Waals surface area contributed by atoms with Crippen molar-refractivity contribution in [1.82, 2.24) is 4.90 Å². The monoisotopic (exact) mass is 395 g/mol. The quantitative estimate of drug-likeness (QED) is 0.707. The smallest absolute Gasteiger partial charge is 0.411 e. The van der Waals surface area contributed by atoms with Crippen LogP contribution in [0.3, 0.4) is 0 Å². The number of hydrogen-bond donors (Lipinski definition) is 0. The average Bonchev–Trinajstić information content (AvgIpc) is 3.13. The number of rotatable bonds is 7. The third-order valence-corrected chi connectivity index (χ3v) is 4.21. The van der Waals surface area contributed by atoms with E-state index in [9.17, 15) is 18.0 Å². The van der Waals surface area contributed by atoms with E-state index in [-0.39, 0.29) is 19.3 Å². The van der Waals surface area contributed by atoms with Gasteiger partial charge in [0.05, 0.1) is 6.61 Å². The number of fused-ring (bicyclic) bond motifs is 1. The molecule has 150 valence electrons. The lowest BCUT2D eigenvalue weighted by molar-refractivity contribution is -0.176. The molecule has 5 nitrogen and oxygen atoms in total. The van der Waals surface area contributed by atoms with Gasteiger partial charge in [0, 0.05) is 18.7 Å². The maximum atomic E-state index is 12.8. The van der Waals surface area contributed by atoms with E-state index in [1.54, 1.807) is 29.2 Å². The van der Waals surface area contributed by atoms with Gasteiger partial charge >= 0.3 is 6.18 Å². The zero-order valence-corrected chi connectivity index (χ0v) is 15.3. The second-order valence-electron chi connectivity index (χ2n) is 6.31. The van der Waals surface area contributed by atoms with Gasteiger partial charge in [-0.15, -0.1) is 0 Å². The minimum Gasteiger partial charge on any atom is -0.454 e. The molecule has 0 fully saturated rings. The predicted molar refractivity (Wildman–Crippen MR) is 95.1 cm³/mol. The van der Waals surface area contributed by atoms with Gasteiger partial charge < -0.3 is 19.1 Å². The van der Waals surface area contributed by atoms with E-state index in [1.165, 1.54) is 0 Å². The summed E-state index contributed by atoms with van der Waals surface area (Å²) in [4.78, 5) is 14.4. The van der Waals surface area contributed by atoms with Crippen molar-refractivity contribution in [2.45, 2.75) is 26.3 Å². The van der Waals surface area contributed by atoms with Gasteiger partial charge in [-0.1, -0.05) is 18.2 Å². The Morgan fingerprint density at radius 1 is 1.07 bits per heavy atom. The summed E-state index contributed by atoms with van der Waals surface area (Å²) in [6.45, 7) is 1.51. The summed E-state index contributed by atoms with van der Waals surface area (Å²) in [6.07, 6.45) is -4.35. The number of carbonyl (C=O) groups is 1. The van der Waals surface area contributed by atoms with Crippen LogP contribution in [0.25, 0.3) is 0 Å². The molecule has 3 rings (SSSR count). The van der Waals surface area contributed by atoms with E-state index in [2.05, 4.69) is 4.74 Å². The predicted octanol–water partition coefficient (Wildman–Crippen LogP) is 4.16. The molecule has 0 bridgehead atoms. The normalized spacial score (nSPS) is 12.9. The Balaban J connectivity index is 1.61. The lowest BCUT2D eigenvalue weighted by Gasteiger charge is -2.21. The summed E-state index contributed by atoms with van der Waals surface area (Å²) in [7, 11) is 0. The van der Waals surface area contributed by atoms with E-state index in [0.717, 1.165) is 5.56 Å². The Kier molecular flexibility index (Phi) is 6.08. The molecular weight excluding hydrogens is 375 g/mol. The first-order chi connectivity index (χ1) is 13.4. The van der Waals surface area contributed by atoms with Gasteiger partial charge in [0.15, 0.2) is 11.5 Å². The van der Waals surface area contributed by atoms with Gasteiger partial charge in [-0.25, -0.2) is 0 Å². The van der Waals surface area contributed by atoms with Crippen LogP contribution in [-0.2, 0) is 17.9 Å². The molecular formula is C20H20F3NO4. The molecule has 2 aromatic carbocycles. The van der Waals surface area contributed by atoms with Crippen molar-refractivity contribution < 1.29 is 32.2 Å². The Bertz CT molecular complexity index is 821. The molecule has 0 aliphatic carbocycles. The Morgan fingerprint density at radius 3 is 2.43 bits per heavy atom. The lowest BCUT2D eigenvalue weighted by atomic mass is 10.1. The zero-order chi connectivity index (χ0) is 20.1. The molecule has 0 unspecified atom stereocenters. The molecule has 0 saturated carbocycles. The topological polar surface area (TPSA) is 48.0 Å². The minimum atomic E-state index is -4.35. The molecule has 0 radical (unpaired) electrons. The molecule has 0 N–H and O–H groups in total. The Labute approximate surface area is 160 Å². The van der Waals surface area contributed by atoms with Gasteiger partial charge in [-0.2, -0.15) is 13.2 Å². The number of ether oxygens (including phenoxy) is 3. The Morgan fingerprint density at radius 2 is 1.75 bits per heavy atom. The maximum Gasteiger partial charge on any atom is 0.411 e. The summed E-state index contributed by atoms with van der Waals surface area (Å²) < 4.78 is 51.6. The summed E-state index contributed by atoms with van der Waals surface area (Å²) in [6, 6.07) is 11.9. The number of nitrogens with zero attached hydrogens (tertiary/aromatic N) is 1. The fraction of sp³-hybridized carbons (Fsp3) is 0.350. The van der Waals surface area contributed by atoms with E-state index in [0.29, 0.717) is 35.7 Å². The number of alkyl halides is 3. The standard InChI is InChI=1S/C20H20F3NO4/c1-2-24(10-15-5-8-17-18(9-15)28-13-27-17)19(25)16-6-3-14(4-7-16)11-26-12-20(21,22)23/h3-9H,2,10-13H2,1H3. The van der Waals surface area contributed by atoms with Gasteiger partial charge in [-0.05, 0) is 42.3 Å². The first kappa shape index (κ1) is 20.0. The second kappa shape index (κ2) is 8.52. The van der Waals surface area contributed by atoms with Gasteiger partial charge in [-0.3, -0.25) is 4.79 Å². The summed E-state index contributed by atoms with van der Waals surface area (Å²) in [5.74, 6) is 1.17. The number of carbonyl (C=O) groups excluding carboxylic acids is 1. The molecule has 0 spiro atoms. The molecule has 1 amide bonds. The summed E-state index contributed by atoms with van der Waals surface area (Å²) in [5.41, 5.74) is 1.94. The van der Waals surface area contributed by atoms with E-state index < -0.39 is 12.8 Å². The number of hydrogen-bond acceptors (Lipinski definition) is 4. The van der Waals surface area contributed by atoms with Crippen LogP contribution in [0.1, 0.15) is 28.4 Å². The van der Waals surface area contributed by atoms with Crippen LogP contribution in [0.2, 0.25) is 0 Å². The highest BCUT2D eigenvalue weighted by Crippen LogP contribution is 2.32. The lowest BCUT2D eigenvalue weighted by Crippen LogP contribution is -2.30. The van der Waals surface area contributed by atoms with Crippen molar-refractivity contribution in [2.24, 2.45) is 0 Å². The molecule has 1 aliphatic rings. The van der Waals surface area contributed by atoms with E-state index in [4.69, 9.17) is 9.47 Å². The maximum absolute atomic E-state index is 12.8. The van der Waals surface area contributed by atoms with Crippen LogP contribution in [-0.4, -0.2) is 36.9 Å². The van der Waals surface area contributed by atoms with E-state index >= 15 is 0 Å². The third-order valence-electron chi connectivity index (χ3n) is 4.21. The molecule has 28 heavy (non-hydrogen) atoms. The van der Waals surface area contributed by atoms with Crippen molar-refractivity contribution in [2.75, 3.05) is 19.9 Å². The summed E-state index contributed by atoms with van der Waals surface area (Å²) in [5, 5.41) is 0. The van der Waals surface area contributed by atoms with Crippen LogP contribution in [0.4, 0.5) is 13.2 Å². The van der Waals surface area contributed by atoms with Crippen molar-refractivity contribution in [3.8, 4) is 11.5 Å². The van der Waals surface area contributed by atoms with Crippen molar-refractivity contribution in [3.63, 3.8) is 0 Å². The highest BCUT2D eigenvalue weighted by atomic mass is 19.4. The molecule has 0 atom stereocenters. The fourth-order valence-electron chi connectivity index (χ4n) is 2.80. The largest absolute Gasteiger partial charge is 0.454 e. The van der Waals surface area contributed by atoms with Crippen LogP contribution >= 0.6 is 0 Å². The molecule has 2 aromatic rings. The number of benzene rings is 2. The number of amides is 1. The summed E-state index contributed by atoms with van der Waals surface area (Å²) >= 11 is 0. The molecule has 1 aliphatic heterocycles. The fourth-order valence-corrected chi connectivity index (χ4v) is 2.80. The van der Waals surface area contributed by atoms with Gasteiger partial charge in [0.2, 0.25) is 6.79 Å². The molecule has 8 heteroatoms. The van der Waals surface area contributed by atoms with Crippen molar-refractivity contribution in [1.29, 1.82) is 0 Å². The van der Waals surface area contributed by atoms with Crippen LogP contribution in [0.15, 0.2) is 42.5 Å². The molecule has 1 heterocycles. The van der Waals surface area contributed by atoms with Gasteiger partial charge in [0.25, 0.3) is 5.91 Å². The number of halogens is 3. The highest BCUT2D eigenvalue weighted by Gasteiger charge is 2.27. The third kappa shape index (κ3) is 5.16. The molecule has 0 aromatic heterocycles. The second-order valence-corrected chi connectivity index (χ2v) is 6.31. The van der Waals surface area contributed by atoms with Crippen LogP contribution in [0.5, 0.6) is 11.5 Å². The molecule has 0 saturated heterocycles. The van der Waals surface area contributed by atoms with Crippen LogP contribution in [0, 0.1) is 0 Å². The van der Waals surface area contributed by atoms with Crippen LogP contribution < -0.4 is 9.47 Å². The average molecular weight is 395 g/mol. The van der Waals surface area contributed by atoms with E-state index in [1.807, 2.05) is 25.1 Å². The SMILES string of the molecule is CCN(Cc1ccc2c(c1)OCO2)C(=O)c1ccc(COCC(F)(F)F)cc1. The minimum absolute atomic E-state index is 0.164.